The molecule has 2 aliphatic heterocycles. The Labute approximate surface area is 144 Å². The van der Waals surface area contributed by atoms with Crippen molar-refractivity contribution in [2.45, 2.75) is 43.2 Å². The third-order valence-corrected chi connectivity index (χ3v) is 4.60. The molecule has 3 heterocycles. The van der Waals surface area contributed by atoms with Crippen LogP contribution in [-0.4, -0.2) is 66.0 Å². The summed E-state index contributed by atoms with van der Waals surface area (Å²) in [5.41, 5.74) is -1.58. The topological polar surface area (TPSA) is 198 Å². The van der Waals surface area contributed by atoms with Crippen molar-refractivity contribution < 1.29 is 43.4 Å². The van der Waals surface area contributed by atoms with Gasteiger partial charge < -0.3 is 29.5 Å². The molecule has 2 saturated heterocycles. The average Bonchev–Trinajstić information content (AvgIpc) is 2.83. The molecular weight excluding hydrogens is 379 g/mol. The first-order chi connectivity index (χ1) is 12.1. The molecule has 0 aliphatic carbocycles. The fourth-order valence-electron chi connectivity index (χ4n) is 3.02. The summed E-state index contributed by atoms with van der Waals surface area (Å²) in [6, 6.07) is 1.00. The Balaban J connectivity index is 1.94. The van der Waals surface area contributed by atoms with E-state index in [0.717, 1.165) is 16.8 Å². The Bertz CT molecular complexity index is 859. The van der Waals surface area contributed by atoms with Crippen LogP contribution in [-0.2, 0) is 23.4 Å². The lowest BCUT2D eigenvalue weighted by Gasteiger charge is -2.36. The SMILES string of the molecule is O=C(O)[C@@H]1C[C@@H](OP(=O)(O)O)[C@H]2O[C@@H](n3ccc(=O)[nH]c3=O)[C@H](O)[C@@H]2O1. The van der Waals surface area contributed by atoms with Gasteiger partial charge in [0.2, 0.25) is 0 Å². The number of hydrogen-bond acceptors (Lipinski definition) is 8. The zero-order valence-electron chi connectivity index (χ0n) is 12.9. The molecule has 26 heavy (non-hydrogen) atoms. The minimum Gasteiger partial charge on any atom is -0.479 e. The molecule has 13 nitrogen and oxygen atoms in total. The summed E-state index contributed by atoms with van der Waals surface area (Å²) < 4.78 is 27.3. The fourth-order valence-corrected chi connectivity index (χ4v) is 3.58. The van der Waals surface area contributed by atoms with Crippen LogP contribution in [0.5, 0.6) is 0 Å². The summed E-state index contributed by atoms with van der Waals surface area (Å²) in [4.78, 5) is 54.3. The highest BCUT2D eigenvalue weighted by Gasteiger charge is 2.55. The number of hydrogen-bond donors (Lipinski definition) is 5. The zero-order valence-corrected chi connectivity index (χ0v) is 13.8. The number of nitrogens with one attached hydrogen (secondary N) is 1. The Morgan fingerprint density at radius 2 is 2.00 bits per heavy atom. The van der Waals surface area contributed by atoms with Gasteiger partial charge in [-0.2, -0.15) is 0 Å². The van der Waals surface area contributed by atoms with E-state index in [9.17, 15) is 24.1 Å². The Morgan fingerprint density at radius 3 is 2.58 bits per heavy atom. The van der Waals surface area contributed by atoms with Crippen molar-refractivity contribution in [3.8, 4) is 0 Å². The molecule has 3 rings (SSSR count). The standard InChI is InChI=1S/C12H15N2O11P/c15-6-1-2-14(12(19)13-6)10-7(16)9-8(24-10)4(25-26(20,21)22)3-5(23-9)11(17)18/h1-2,4-5,7-10,16H,3H2,(H,17,18)(H,13,15,19)(H2,20,21,22)/t4-,5+,7-,8-,9+,10-/m1/s1. The van der Waals surface area contributed by atoms with E-state index in [2.05, 4.69) is 4.52 Å². The molecule has 0 aromatic carbocycles. The molecule has 0 unspecified atom stereocenters. The second-order valence-corrected chi connectivity index (χ2v) is 6.99. The molecule has 14 heteroatoms. The van der Waals surface area contributed by atoms with Gasteiger partial charge >= 0.3 is 19.5 Å². The van der Waals surface area contributed by atoms with E-state index in [0.29, 0.717) is 0 Å². The third-order valence-electron chi connectivity index (χ3n) is 4.06. The first-order valence-corrected chi connectivity index (χ1v) is 8.87. The highest BCUT2D eigenvalue weighted by atomic mass is 31.2. The van der Waals surface area contributed by atoms with Gasteiger partial charge in [0.15, 0.2) is 12.3 Å². The van der Waals surface area contributed by atoms with Crippen LogP contribution in [0.4, 0.5) is 0 Å². The summed E-state index contributed by atoms with van der Waals surface area (Å²) in [5.74, 6) is -1.42. The molecular formula is C12H15N2O11P. The lowest BCUT2D eigenvalue weighted by molar-refractivity contribution is -0.185. The van der Waals surface area contributed by atoms with E-state index in [1.54, 1.807) is 0 Å². The van der Waals surface area contributed by atoms with Crippen molar-refractivity contribution in [3.63, 3.8) is 0 Å². The van der Waals surface area contributed by atoms with Gasteiger partial charge in [-0.05, 0) is 0 Å². The number of aromatic nitrogens is 2. The Hall–Kier alpha value is -1.86. The second-order valence-electron chi connectivity index (χ2n) is 5.80. The molecule has 0 spiro atoms. The molecule has 1 aromatic heterocycles. The number of aliphatic hydroxyl groups excluding tert-OH is 1. The van der Waals surface area contributed by atoms with Gasteiger partial charge in [0.05, 0.1) is 0 Å². The summed E-state index contributed by atoms with van der Waals surface area (Å²) >= 11 is 0. The van der Waals surface area contributed by atoms with Crippen molar-refractivity contribution in [2.75, 3.05) is 0 Å². The largest absolute Gasteiger partial charge is 0.479 e. The van der Waals surface area contributed by atoms with Crippen molar-refractivity contribution in [2.24, 2.45) is 0 Å². The molecule has 2 aliphatic rings. The molecule has 5 N–H and O–H groups in total. The number of ether oxygens (including phenoxy) is 2. The van der Waals surface area contributed by atoms with Crippen molar-refractivity contribution in [1.82, 2.24) is 9.55 Å². The van der Waals surface area contributed by atoms with E-state index in [1.165, 1.54) is 0 Å². The summed E-state index contributed by atoms with van der Waals surface area (Å²) in [6.45, 7) is 0. The molecule has 0 bridgehead atoms. The van der Waals surface area contributed by atoms with Crippen LogP contribution in [0.2, 0.25) is 0 Å². The summed E-state index contributed by atoms with van der Waals surface area (Å²) in [5, 5.41) is 19.5. The van der Waals surface area contributed by atoms with Gasteiger partial charge in [-0.3, -0.25) is 18.9 Å². The predicted octanol–water partition coefficient (Wildman–Crippen LogP) is -2.49. The summed E-state index contributed by atoms with van der Waals surface area (Å²) in [6.07, 6.45) is -7.83. The lowest BCUT2D eigenvalue weighted by Crippen LogP contribution is -2.52. The van der Waals surface area contributed by atoms with E-state index < -0.39 is 68.2 Å². The quantitative estimate of drug-likeness (QED) is 0.339. The Morgan fingerprint density at radius 1 is 1.31 bits per heavy atom. The van der Waals surface area contributed by atoms with Crippen LogP contribution in [0.3, 0.4) is 0 Å². The fraction of sp³-hybridized carbons (Fsp3) is 0.583. The first kappa shape index (κ1) is 18.9. The lowest BCUT2D eigenvalue weighted by atomic mass is 9.96. The van der Waals surface area contributed by atoms with Gasteiger partial charge in [0, 0.05) is 18.7 Å². The zero-order chi connectivity index (χ0) is 19.2. The summed E-state index contributed by atoms with van der Waals surface area (Å²) in [7, 11) is -4.99. The number of carbonyl (C=O) groups is 1. The predicted molar refractivity (Wildman–Crippen MR) is 79.1 cm³/mol. The number of fused-ring (bicyclic) bond motifs is 1. The van der Waals surface area contributed by atoms with Crippen LogP contribution >= 0.6 is 7.82 Å². The first-order valence-electron chi connectivity index (χ1n) is 7.34. The van der Waals surface area contributed by atoms with Crippen LogP contribution in [0.25, 0.3) is 0 Å². The van der Waals surface area contributed by atoms with Gasteiger partial charge in [-0.15, -0.1) is 0 Å². The third kappa shape index (κ3) is 3.64. The maximum absolute atomic E-state index is 11.9. The molecule has 0 saturated carbocycles. The smallest absolute Gasteiger partial charge is 0.469 e. The number of nitrogens with zero attached hydrogens (tertiary/aromatic N) is 1. The normalized spacial score (nSPS) is 34.4. The number of phosphoric acid groups is 1. The van der Waals surface area contributed by atoms with Gasteiger partial charge in [-0.25, -0.2) is 14.2 Å². The van der Waals surface area contributed by atoms with Gasteiger partial charge in [0.1, 0.15) is 24.4 Å². The average molecular weight is 394 g/mol. The number of carboxylic acids is 1. The molecule has 6 atom stereocenters. The van der Waals surface area contributed by atoms with Crippen LogP contribution in [0, 0.1) is 0 Å². The molecule has 1 aromatic rings. The van der Waals surface area contributed by atoms with Crippen molar-refractivity contribution in [1.29, 1.82) is 0 Å². The van der Waals surface area contributed by atoms with Crippen molar-refractivity contribution >= 4 is 13.8 Å². The molecule has 144 valence electrons. The highest BCUT2D eigenvalue weighted by Crippen LogP contribution is 2.45. The highest BCUT2D eigenvalue weighted by molar-refractivity contribution is 7.46. The number of aliphatic carboxylic acids is 1. The minimum atomic E-state index is -4.99. The maximum atomic E-state index is 11.9. The van der Waals surface area contributed by atoms with E-state index in [1.807, 2.05) is 4.98 Å². The minimum absolute atomic E-state index is 0.443. The number of aliphatic hydroxyl groups is 1. The van der Waals surface area contributed by atoms with Gasteiger partial charge in [-0.1, -0.05) is 0 Å². The molecule has 2 fully saturated rings. The van der Waals surface area contributed by atoms with E-state index in [4.69, 9.17) is 24.4 Å². The van der Waals surface area contributed by atoms with E-state index >= 15 is 0 Å². The van der Waals surface area contributed by atoms with Crippen LogP contribution in [0.15, 0.2) is 21.9 Å². The second kappa shape index (κ2) is 6.70. The van der Waals surface area contributed by atoms with Gasteiger partial charge in [0.25, 0.3) is 5.56 Å². The number of carboxylic acid groups (broad SMARTS) is 1. The number of rotatable bonds is 4. The number of aromatic amines is 1. The molecule has 0 radical (unpaired) electrons. The number of phosphoric ester groups is 1. The van der Waals surface area contributed by atoms with Crippen LogP contribution in [0.1, 0.15) is 12.6 Å². The number of H-pyrrole nitrogens is 1. The maximum Gasteiger partial charge on any atom is 0.469 e. The Kier molecular flexibility index (Phi) is 4.88. The van der Waals surface area contributed by atoms with Crippen LogP contribution < -0.4 is 11.2 Å². The van der Waals surface area contributed by atoms with E-state index in [-0.39, 0.29) is 0 Å². The monoisotopic (exact) mass is 394 g/mol. The van der Waals surface area contributed by atoms with Crippen molar-refractivity contribution in [3.05, 3.63) is 33.1 Å². The molecule has 0 amide bonds.